The Morgan fingerprint density at radius 1 is 1.35 bits per heavy atom. The van der Waals surface area contributed by atoms with Gasteiger partial charge < -0.3 is 9.26 Å². The number of hydrogen-bond acceptors (Lipinski definition) is 5. The van der Waals surface area contributed by atoms with Crippen LogP contribution in [0.25, 0.3) is 11.4 Å². The molecule has 136 valence electrons. The third-order valence-electron chi connectivity index (χ3n) is 4.20. The molecule has 0 radical (unpaired) electrons. The van der Waals surface area contributed by atoms with Crippen molar-refractivity contribution in [3.8, 4) is 17.1 Å². The van der Waals surface area contributed by atoms with Crippen molar-refractivity contribution in [2.45, 2.75) is 31.7 Å². The van der Waals surface area contributed by atoms with Crippen LogP contribution in [0.2, 0.25) is 5.02 Å². The maximum Gasteiger partial charge on any atom is 0.282 e. The molecule has 6 nitrogen and oxygen atoms in total. The first-order valence-corrected chi connectivity index (χ1v) is 8.45. The molecule has 1 fully saturated rings. The van der Waals surface area contributed by atoms with Crippen LogP contribution in [-0.2, 0) is 6.54 Å². The number of methoxy groups -OCH3 is 1. The highest BCUT2D eigenvalue weighted by Crippen LogP contribution is 2.41. The van der Waals surface area contributed by atoms with Gasteiger partial charge in [-0.2, -0.15) is 10.1 Å². The van der Waals surface area contributed by atoms with E-state index in [0.29, 0.717) is 22.2 Å². The van der Waals surface area contributed by atoms with Crippen molar-refractivity contribution in [3.63, 3.8) is 0 Å². The van der Waals surface area contributed by atoms with E-state index in [1.807, 2.05) is 0 Å². The van der Waals surface area contributed by atoms with Gasteiger partial charge in [0.25, 0.3) is 6.43 Å². The number of alkyl halides is 2. The van der Waals surface area contributed by atoms with E-state index in [-0.39, 0.29) is 24.0 Å². The fourth-order valence-corrected chi connectivity index (χ4v) is 2.98. The van der Waals surface area contributed by atoms with Gasteiger partial charge >= 0.3 is 0 Å². The first-order chi connectivity index (χ1) is 12.5. The summed E-state index contributed by atoms with van der Waals surface area (Å²) < 4.78 is 38.0. The number of hydrogen-bond donors (Lipinski definition) is 0. The van der Waals surface area contributed by atoms with Gasteiger partial charge in [0.2, 0.25) is 11.7 Å². The van der Waals surface area contributed by atoms with Gasteiger partial charge in [0.05, 0.1) is 12.7 Å². The standard InChI is InChI=1S/C17H15ClF2N4O2/c1-25-14-5-4-10(18)6-11(14)17-21-15(26-23-17)8-24-13(9-2-3-9)7-12(22-24)16(19)20/h4-7,9,16H,2-3,8H2,1H3. The molecule has 3 aromatic rings. The Kier molecular flexibility index (Phi) is 4.36. The Bertz CT molecular complexity index is 937. The Balaban J connectivity index is 1.63. The highest BCUT2D eigenvalue weighted by Gasteiger charge is 2.30. The molecule has 4 rings (SSSR count). The van der Waals surface area contributed by atoms with Gasteiger partial charge in [-0.25, -0.2) is 8.78 Å². The molecular formula is C17H15ClF2N4O2. The molecule has 0 saturated heterocycles. The molecule has 0 N–H and O–H groups in total. The summed E-state index contributed by atoms with van der Waals surface area (Å²) in [5, 5.41) is 8.45. The molecule has 0 bridgehead atoms. The van der Waals surface area contributed by atoms with E-state index in [1.54, 1.807) is 18.2 Å². The zero-order valence-corrected chi connectivity index (χ0v) is 14.6. The Morgan fingerprint density at radius 2 is 2.15 bits per heavy atom. The van der Waals surface area contributed by atoms with Gasteiger partial charge in [-0.15, -0.1) is 0 Å². The number of nitrogens with zero attached hydrogens (tertiary/aromatic N) is 4. The van der Waals surface area contributed by atoms with Crippen molar-refractivity contribution >= 4 is 11.6 Å². The molecule has 1 saturated carbocycles. The molecule has 0 amide bonds. The van der Waals surface area contributed by atoms with Crippen LogP contribution in [0.15, 0.2) is 28.8 Å². The zero-order valence-electron chi connectivity index (χ0n) is 13.8. The lowest BCUT2D eigenvalue weighted by atomic mass is 10.2. The van der Waals surface area contributed by atoms with E-state index in [9.17, 15) is 8.78 Å². The highest BCUT2D eigenvalue weighted by atomic mass is 35.5. The topological polar surface area (TPSA) is 66.0 Å². The fraction of sp³-hybridized carbons (Fsp3) is 0.353. The van der Waals surface area contributed by atoms with Crippen LogP contribution in [0, 0.1) is 0 Å². The lowest BCUT2D eigenvalue weighted by Gasteiger charge is -2.04. The minimum atomic E-state index is -2.61. The highest BCUT2D eigenvalue weighted by molar-refractivity contribution is 6.30. The third-order valence-corrected chi connectivity index (χ3v) is 4.44. The minimum absolute atomic E-state index is 0.133. The van der Waals surface area contributed by atoms with Gasteiger partial charge in [0, 0.05) is 16.6 Å². The molecule has 0 unspecified atom stereocenters. The van der Waals surface area contributed by atoms with Crippen molar-refractivity contribution in [1.82, 2.24) is 19.9 Å². The maximum absolute atomic E-state index is 13.0. The molecule has 26 heavy (non-hydrogen) atoms. The first-order valence-electron chi connectivity index (χ1n) is 8.07. The van der Waals surface area contributed by atoms with Gasteiger partial charge in [0.1, 0.15) is 18.0 Å². The Labute approximate surface area is 152 Å². The summed E-state index contributed by atoms with van der Waals surface area (Å²) in [5.41, 5.74) is 1.13. The number of benzene rings is 1. The predicted molar refractivity (Wildman–Crippen MR) is 89.6 cm³/mol. The van der Waals surface area contributed by atoms with E-state index in [0.717, 1.165) is 18.5 Å². The van der Waals surface area contributed by atoms with E-state index < -0.39 is 6.43 Å². The normalized spacial score (nSPS) is 14.2. The first kappa shape index (κ1) is 17.0. The second kappa shape index (κ2) is 6.68. The largest absolute Gasteiger partial charge is 0.496 e. The summed E-state index contributed by atoms with van der Waals surface area (Å²) in [6.07, 6.45) is -0.658. The van der Waals surface area contributed by atoms with Crippen molar-refractivity contribution in [3.05, 3.63) is 46.6 Å². The SMILES string of the molecule is COc1ccc(Cl)cc1-c1noc(Cn2nc(C(F)F)cc2C2CC2)n1. The van der Waals surface area contributed by atoms with Crippen molar-refractivity contribution in [2.75, 3.05) is 7.11 Å². The molecule has 1 aromatic carbocycles. The van der Waals surface area contributed by atoms with E-state index >= 15 is 0 Å². The fourth-order valence-electron chi connectivity index (χ4n) is 2.80. The molecule has 1 aliphatic carbocycles. The van der Waals surface area contributed by atoms with E-state index in [2.05, 4.69) is 15.2 Å². The summed E-state index contributed by atoms with van der Waals surface area (Å²) in [4.78, 5) is 4.34. The molecule has 2 aromatic heterocycles. The molecular weight excluding hydrogens is 366 g/mol. The van der Waals surface area contributed by atoms with Gasteiger partial charge in [0.15, 0.2) is 0 Å². The lowest BCUT2D eigenvalue weighted by Crippen LogP contribution is -2.06. The minimum Gasteiger partial charge on any atom is -0.496 e. The zero-order chi connectivity index (χ0) is 18.3. The summed E-state index contributed by atoms with van der Waals surface area (Å²) in [7, 11) is 1.53. The molecule has 0 spiro atoms. The summed E-state index contributed by atoms with van der Waals surface area (Å²) in [6, 6.07) is 6.54. The monoisotopic (exact) mass is 380 g/mol. The van der Waals surface area contributed by atoms with E-state index in [4.69, 9.17) is 20.9 Å². The second-order valence-electron chi connectivity index (χ2n) is 6.08. The Hall–Kier alpha value is -2.48. The smallest absolute Gasteiger partial charge is 0.282 e. The Morgan fingerprint density at radius 3 is 2.85 bits per heavy atom. The number of rotatable bonds is 6. The average Bonchev–Trinajstić information content (AvgIpc) is 3.21. The molecule has 1 aliphatic rings. The van der Waals surface area contributed by atoms with Crippen LogP contribution >= 0.6 is 11.6 Å². The van der Waals surface area contributed by atoms with Crippen LogP contribution in [0.4, 0.5) is 8.78 Å². The van der Waals surface area contributed by atoms with Gasteiger partial charge in [-0.3, -0.25) is 4.68 Å². The van der Waals surface area contributed by atoms with Crippen molar-refractivity contribution in [1.29, 1.82) is 0 Å². The lowest BCUT2D eigenvalue weighted by molar-refractivity contribution is 0.145. The van der Waals surface area contributed by atoms with Crippen LogP contribution in [0.1, 0.15) is 42.5 Å². The van der Waals surface area contributed by atoms with Gasteiger partial charge in [-0.1, -0.05) is 16.8 Å². The molecule has 0 atom stereocenters. The molecule has 2 heterocycles. The van der Waals surface area contributed by atoms with Crippen LogP contribution in [0.5, 0.6) is 5.75 Å². The quantitative estimate of drug-likeness (QED) is 0.631. The summed E-state index contributed by atoms with van der Waals surface area (Å²) >= 11 is 6.03. The van der Waals surface area contributed by atoms with Crippen molar-refractivity contribution < 1.29 is 18.0 Å². The number of ether oxygens (including phenoxy) is 1. The summed E-state index contributed by atoms with van der Waals surface area (Å²) in [5.74, 6) is 1.41. The van der Waals surface area contributed by atoms with Crippen molar-refractivity contribution in [2.24, 2.45) is 0 Å². The predicted octanol–water partition coefficient (Wildman–Crippen LogP) is 4.46. The van der Waals surface area contributed by atoms with Crippen LogP contribution in [-0.4, -0.2) is 27.0 Å². The maximum atomic E-state index is 13.0. The van der Waals surface area contributed by atoms with Crippen LogP contribution < -0.4 is 4.74 Å². The van der Waals surface area contributed by atoms with Gasteiger partial charge in [-0.05, 0) is 37.1 Å². The number of aromatic nitrogens is 4. The molecule has 9 heteroatoms. The van der Waals surface area contributed by atoms with Crippen LogP contribution in [0.3, 0.4) is 0 Å². The second-order valence-corrected chi connectivity index (χ2v) is 6.52. The average molecular weight is 381 g/mol. The number of halogens is 3. The summed E-state index contributed by atoms with van der Waals surface area (Å²) in [6.45, 7) is 0.133. The van der Waals surface area contributed by atoms with E-state index in [1.165, 1.54) is 17.9 Å². The molecule has 0 aliphatic heterocycles. The third kappa shape index (κ3) is 3.29.